The average Bonchev–Trinajstić information content (AvgIpc) is 2.72. The van der Waals surface area contributed by atoms with E-state index >= 15 is 0 Å². The molecule has 0 radical (unpaired) electrons. The molecule has 2 atom stereocenters. The Morgan fingerprint density at radius 2 is 1.15 bits per heavy atom. The lowest BCUT2D eigenvalue weighted by Crippen LogP contribution is -2.71. The average molecular weight is 383 g/mol. The zero-order valence-corrected chi connectivity index (χ0v) is 17.8. The van der Waals surface area contributed by atoms with Crippen LogP contribution < -0.4 is 9.13 Å². The summed E-state index contributed by atoms with van der Waals surface area (Å²) >= 11 is 0. The van der Waals surface area contributed by atoms with Gasteiger partial charge in [-0.2, -0.15) is 0 Å². The van der Waals surface area contributed by atoms with Crippen LogP contribution in [0.4, 0.5) is 11.4 Å². The first kappa shape index (κ1) is 18.5. The quantitative estimate of drug-likeness (QED) is 0.713. The number of rotatable bonds is 4. The number of anilines is 2. The number of nitrogens with zero attached hydrogens (tertiary/aromatic N) is 2. The van der Waals surface area contributed by atoms with Crippen molar-refractivity contribution < 1.29 is 8.85 Å². The molecule has 0 saturated heterocycles. The summed E-state index contributed by atoms with van der Waals surface area (Å²) in [6.07, 6.45) is 2.23. The molecule has 4 rings (SSSR count). The molecular formula is C22H30N2O2Si. The highest BCUT2D eigenvalue weighted by atomic mass is 28.4. The Kier molecular flexibility index (Phi) is 5.01. The summed E-state index contributed by atoms with van der Waals surface area (Å²) in [5, 5.41) is 0. The number of hydrogen-bond acceptors (Lipinski definition) is 4. The van der Waals surface area contributed by atoms with E-state index in [1.807, 2.05) is 14.2 Å². The van der Waals surface area contributed by atoms with E-state index in [4.69, 9.17) is 8.85 Å². The zero-order chi connectivity index (χ0) is 19.0. The van der Waals surface area contributed by atoms with Crippen molar-refractivity contribution in [2.24, 2.45) is 0 Å². The van der Waals surface area contributed by atoms with Gasteiger partial charge in [-0.25, -0.2) is 0 Å². The molecule has 2 unspecified atom stereocenters. The summed E-state index contributed by atoms with van der Waals surface area (Å²) < 4.78 is 17.5. The van der Waals surface area contributed by atoms with Gasteiger partial charge in [0.1, 0.15) is 0 Å². The Labute approximate surface area is 164 Å². The van der Waals surface area contributed by atoms with E-state index in [9.17, 15) is 0 Å². The Morgan fingerprint density at radius 3 is 1.56 bits per heavy atom. The maximum Gasteiger partial charge on any atom is 0.588 e. The van der Waals surface area contributed by atoms with E-state index in [1.54, 1.807) is 0 Å². The third kappa shape index (κ3) is 2.89. The third-order valence-electron chi connectivity index (χ3n) is 6.30. The van der Waals surface area contributed by atoms with Gasteiger partial charge in [0.15, 0.2) is 0 Å². The SMILES string of the molecule is CO[Si](OC)(N1CCC(C)c2ccccc21)N1CCC(C)c2ccccc21. The van der Waals surface area contributed by atoms with Crippen molar-refractivity contribution in [1.82, 2.24) is 0 Å². The maximum absolute atomic E-state index is 6.32. The summed E-state index contributed by atoms with van der Waals surface area (Å²) in [7, 11) is 0.796. The van der Waals surface area contributed by atoms with Crippen molar-refractivity contribution in [2.45, 2.75) is 38.5 Å². The standard InChI is InChI=1S/C22H30N2O2Si/c1-17-13-15-23(21-11-7-5-9-19(17)21)27(25-3,26-4)24-16-14-18(2)20-10-6-8-12-22(20)24/h5-12,17-18H,13-16H2,1-4H3. The molecule has 4 nitrogen and oxygen atoms in total. The minimum absolute atomic E-state index is 0.562. The highest BCUT2D eigenvalue weighted by molar-refractivity contribution is 6.75. The van der Waals surface area contributed by atoms with Crippen LogP contribution in [0.2, 0.25) is 0 Å². The monoisotopic (exact) mass is 382 g/mol. The predicted octanol–water partition coefficient (Wildman–Crippen LogP) is 4.74. The van der Waals surface area contributed by atoms with Crippen molar-refractivity contribution >= 4 is 20.3 Å². The fourth-order valence-corrected chi connectivity index (χ4v) is 7.93. The fraction of sp³-hybridized carbons (Fsp3) is 0.455. The second-order valence-corrected chi connectivity index (χ2v) is 10.8. The highest BCUT2D eigenvalue weighted by Crippen LogP contribution is 2.43. The van der Waals surface area contributed by atoms with Gasteiger partial charge in [-0.15, -0.1) is 0 Å². The molecule has 2 aliphatic rings. The Morgan fingerprint density at radius 1 is 0.741 bits per heavy atom. The minimum atomic E-state index is -2.84. The summed E-state index contributed by atoms with van der Waals surface area (Å²) in [4.78, 5) is 0. The van der Waals surface area contributed by atoms with Crippen LogP contribution in [0.3, 0.4) is 0 Å². The van der Waals surface area contributed by atoms with Gasteiger partial charge in [0.25, 0.3) is 0 Å². The summed E-state index contributed by atoms with van der Waals surface area (Å²) in [5.74, 6) is 1.12. The molecule has 0 amide bonds. The summed E-state index contributed by atoms with van der Waals surface area (Å²) in [6.45, 7) is 6.55. The first-order valence-electron chi connectivity index (χ1n) is 9.95. The second-order valence-electron chi connectivity index (χ2n) is 7.76. The van der Waals surface area contributed by atoms with Gasteiger partial charge in [-0.1, -0.05) is 50.2 Å². The Bertz CT molecular complexity index is 745. The van der Waals surface area contributed by atoms with Gasteiger partial charge in [0.05, 0.1) is 0 Å². The van der Waals surface area contributed by atoms with E-state index < -0.39 is 8.88 Å². The fourth-order valence-electron chi connectivity index (χ4n) is 4.75. The van der Waals surface area contributed by atoms with Crippen LogP contribution in [-0.4, -0.2) is 36.2 Å². The topological polar surface area (TPSA) is 24.9 Å². The van der Waals surface area contributed by atoms with E-state index in [0.717, 1.165) is 25.9 Å². The molecule has 27 heavy (non-hydrogen) atoms. The molecule has 2 aliphatic heterocycles. The van der Waals surface area contributed by atoms with E-state index in [-0.39, 0.29) is 0 Å². The van der Waals surface area contributed by atoms with Gasteiger partial charge < -0.3 is 18.0 Å². The second kappa shape index (κ2) is 7.30. The number of hydrogen-bond donors (Lipinski definition) is 0. The van der Waals surface area contributed by atoms with Crippen molar-refractivity contribution in [3.8, 4) is 0 Å². The summed E-state index contributed by atoms with van der Waals surface area (Å²) in [5.41, 5.74) is 5.33. The smallest absolute Gasteiger partial charge is 0.365 e. The van der Waals surface area contributed by atoms with Crippen LogP contribution in [0.25, 0.3) is 0 Å². The molecule has 0 bridgehead atoms. The van der Waals surface area contributed by atoms with E-state index in [2.05, 4.69) is 71.5 Å². The van der Waals surface area contributed by atoms with Gasteiger partial charge >= 0.3 is 8.88 Å². The van der Waals surface area contributed by atoms with Crippen molar-refractivity contribution in [2.75, 3.05) is 36.4 Å². The highest BCUT2D eigenvalue weighted by Gasteiger charge is 2.54. The van der Waals surface area contributed by atoms with Crippen LogP contribution in [0.5, 0.6) is 0 Å². The Balaban J connectivity index is 1.84. The van der Waals surface area contributed by atoms with Crippen molar-refractivity contribution in [3.63, 3.8) is 0 Å². The first-order valence-corrected chi connectivity index (χ1v) is 11.7. The molecule has 0 N–H and O–H groups in total. The van der Waals surface area contributed by atoms with Crippen LogP contribution >= 0.6 is 0 Å². The lowest BCUT2D eigenvalue weighted by molar-refractivity contribution is 0.232. The molecule has 5 heteroatoms. The lowest BCUT2D eigenvalue weighted by atomic mass is 9.93. The molecular weight excluding hydrogens is 352 g/mol. The normalized spacial score (nSPS) is 22.4. The van der Waals surface area contributed by atoms with Gasteiger partial charge in [-0.3, -0.25) is 0 Å². The number of para-hydroxylation sites is 2. The van der Waals surface area contributed by atoms with Gasteiger partial charge in [0, 0.05) is 38.7 Å². The van der Waals surface area contributed by atoms with Crippen molar-refractivity contribution in [1.29, 1.82) is 0 Å². The lowest BCUT2D eigenvalue weighted by Gasteiger charge is -2.50. The van der Waals surface area contributed by atoms with Crippen LogP contribution in [-0.2, 0) is 8.85 Å². The van der Waals surface area contributed by atoms with Gasteiger partial charge in [0.2, 0.25) is 0 Å². The third-order valence-corrected chi connectivity index (χ3v) is 9.66. The zero-order valence-electron chi connectivity index (χ0n) is 16.8. The van der Waals surface area contributed by atoms with Crippen molar-refractivity contribution in [3.05, 3.63) is 59.7 Å². The maximum atomic E-state index is 6.32. The Hall–Kier alpha value is -1.82. The predicted molar refractivity (Wildman–Crippen MR) is 113 cm³/mol. The molecule has 0 saturated carbocycles. The minimum Gasteiger partial charge on any atom is -0.365 e. The molecule has 0 spiro atoms. The van der Waals surface area contributed by atoms with Crippen LogP contribution in [0.15, 0.2) is 48.5 Å². The molecule has 0 aromatic heterocycles. The van der Waals surface area contributed by atoms with Crippen LogP contribution in [0, 0.1) is 0 Å². The number of fused-ring (bicyclic) bond motifs is 2. The van der Waals surface area contributed by atoms with Crippen LogP contribution in [0.1, 0.15) is 49.7 Å². The summed E-state index contributed by atoms with van der Waals surface area (Å²) in [6, 6.07) is 17.5. The molecule has 0 fully saturated rings. The molecule has 0 aliphatic carbocycles. The van der Waals surface area contributed by atoms with E-state index in [1.165, 1.54) is 22.5 Å². The number of benzene rings is 2. The molecule has 144 valence electrons. The molecule has 2 heterocycles. The molecule has 2 aromatic rings. The van der Waals surface area contributed by atoms with E-state index in [0.29, 0.717) is 11.8 Å². The first-order chi connectivity index (χ1) is 13.1. The largest absolute Gasteiger partial charge is 0.588 e. The van der Waals surface area contributed by atoms with Gasteiger partial charge in [-0.05, 0) is 47.9 Å². The molecule has 2 aromatic carbocycles.